The van der Waals surface area contributed by atoms with E-state index in [0.717, 1.165) is 30.2 Å². The molecule has 0 radical (unpaired) electrons. The molecule has 0 bridgehead atoms. The molecule has 112 valence electrons. The van der Waals surface area contributed by atoms with Crippen LogP contribution in [0.25, 0.3) is 10.9 Å². The number of carbonyl (C=O) groups excluding carboxylic acids is 1. The van der Waals surface area contributed by atoms with Crippen LogP contribution < -0.4 is 5.73 Å². The van der Waals surface area contributed by atoms with Crippen molar-refractivity contribution in [3.05, 3.63) is 35.9 Å². The standard InChI is InChI=1S/C16H21N3O2/c1-19(9-5-2-6-10-20)16(21)13-11-15(17)18-14-8-4-3-7-12(13)14/h3-4,7-8,11,20H,2,5-6,9-10H2,1H3,(H2,17,18). The number of hydrogen-bond acceptors (Lipinski definition) is 4. The van der Waals surface area contributed by atoms with Crippen molar-refractivity contribution >= 4 is 22.6 Å². The lowest BCUT2D eigenvalue weighted by atomic mass is 10.1. The summed E-state index contributed by atoms with van der Waals surface area (Å²) in [7, 11) is 1.78. The number of carbonyl (C=O) groups is 1. The number of aromatic nitrogens is 1. The Morgan fingerprint density at radius 3 is 2.81 bits per heavy atom. The van der Waals surface area contributed by atoms with Crippen LogP contribution in [0, 0.1) is 0 Å². The fraction of sp³-hybridized carbons (Fsp3) is 0.375. The second kappa shape index (κ2) is 7.04. The summed E-state index contributed by atoms with van der Waals surface area (Å²) in [6.45, 7) is 0.860. The minimum atomic E-state index is -0.0516. The molecular weight excluding hydrogens is 266 g/mol. The number of nitrogens with two attached hydrogens (primary N) is 1. The Morgan fingerprint density at radius 1 is 1.29 bits per heavy atom. The minimum absolute atomic E-state index is 0.0516. The van der Waals surface area contributed by atoms with Crippen molar-refractivity contribution in [2.75, 3.05) is 25.9 Å². The van der Waals surface area contributed by atoms with E-state index in [1.807, 2.05) is 24.3 Å². The lowest BCUT2D eigenvalue weighted by molar-refractivity contribution is 0.0794. The Morgan fingerprint density at radius 2 is 2.05 bits per heavy atom. The maximum Gasteiger partial charge on any atom is 0.254 e. The number of nitrogen functional groups attached to an aromatic ring is 1. The van der Waals surface area contributed by atoms with E-state index in [1.165, 1.54) is 0 Å². The zero-order valence-corrected chi connectivity index (χ0v) is 12.2. The van der Waals surface area contributed by atoms with Gasteiger partial charge in [0.2, 0.25) is 0 Å². The fourth-order valence-electron chi connectivity index (χ4n) is 2.32. The second-order valence-electron chi connectivity index (χ2n) is 5.12. The van der Waals surface area contributed by atoms with Crippen LogP contribution >= 0.6 is 0 Å². The first kappa shape index (κ1) is 15.3. The molecule has 0 aliphatic heterocycles. The zero-order chi connectivity index (χ0) is 15.2. The van der Waals surface area contributed by atoms with E-state index in [0.29, 0.717) is 17.9 Å². The number of para-hydroxylation sites is 1. The van der Waals surface area contributed by atoms with Gasteiger partial charge in [-0.3, -0.25) is 4.79 Å². The van der Waals surface area contributed by atoms with E-state index in [1.54, 1.807) is 18.0 Å². The predicted octanol–water partition coefficient (Wildman–Crippen LogP) is 2.05. The summed E-state index contributed by atoms with van der Waals surface area (Å²) in [6, 6.07) is 9.13. The second-order valence-corrected chi connectivity index (χ2v) is 5.12. The van der Waals surface area contributed by atoms with Gasteiger partial charge >= 0.3 is 0 Å². The number of unbranched alkanes of at least 4 members (excludes halogenated alkanes) is 2. The number of nitrogens with zero attached hydrogens (tertiary/aromatic N) is 2. The molecule has 21 heavy (non-hydrogen) atoms. The van der Waals surface area contributed by atoms with Gasteiger partial charge in [-0.2, -0.15) is 0 Å². The Balaban J connectivity index is 2.18. The van der Waals surface area contributed by atoms with Crippen LogP contribution in [0.1, 0.15) is 29.6 Å². The summed E-state index contributed by atoms with van der Waals surface area (Å²) in [5.74, 6) is 0.301. The van der Waals surface area contributed by atoms with Crippen molar-refractivity contribution in [3.63, 3.8) is 0 Å². The average Bonchev–Trinajstić information content (AvgIpc) is 2.49. The fourth-order valence-corrected chi connectivity index (χ4v) is 2.32. The molecule has 5 heteroatoms. The summed E-state index contributed by atoms with van der Waals surface area (Å²) in [5.41, 5.74) is 7.11. The van der Waals surface area contributed by atoms with Crippen LogP contribution in [0.5, 0.6) is 0 Å². The van der Waals surface area contributed by atoms with Crippen LogP contribution in [-0.4, -0.2) is 41.1 Å². The predicted molar refractivity (Wildman–Crippen MR) is 84.1 cm³/mol. The molecule has 0 fully saturated rings. The summed E-state index contributed by atoms with van der Waals surface area (Å²) < 4.78 is 0. The normalized spacial score (nSPS) is 10.8. The molecule has 3 N–H and O–H groups in total. The minimum Gasteiger partial charge on any atom is -0.396 e. The molecule has 0 aliphatic carbocycles. The molecule has 0 spiro atoms. The molecule has 1 amide bonds. The van der Waals surface area contributed by atoms with Gasteiger partial charge in [0.1, 0.15) is 5.82 Å². The Kier molecular flexibility index (Phi) is 5.11. The summed E-state index contributed by atoms with van der Waals surface area (Å²) in [6.07, 6.45) is 2.56. The maximum atomic E-state index is 12.6. The third kappa shape index (κ3) is 3.70. The van der Waals surface area contributed by atoms with Gasteiger partial charge in [0.25, 0.3) is 5.91 Å². The summed E-state index contributed by atoms with van der Waals surface area (Å²) in [5, 5.41) is 9.58. The first-order valence-electron chi connectivity index (χ1n) is 7.15. The smallest absolute Gasteiger partial charge is 0.254 e. The highest BCUT2D eigenvalue weighted by molar-refractivity contribution is 6.06. The first-order chi connectivity index (χ1) is 10.1. The highest BCUT2D eigenvalue weighted by Gasteiger charge is 2.15. The molecule has 5 nitrogen and oxygen atoms in total. The van der Waals surface area contributed by atoms with Crippen molar-refractivity contribution in [1.82, 2.24) is 9.88 Å². The topological polar surface area (TPSA) is 79.5 Å². The third-order valence-corrected chi connectivity index (χ3v) is 3.46. The summed E-state index contributed by atoms with van der Waals surface area (Å²) in [4.78, 5) is 18.5. The van der Waals surface area contributed by atoms with E-state index in [9.17, 15) is 4.79 Å². The average molecular weight is 287 g/mol. The molecule has 0 saturated carbocycles. The van der Waals surface area contributed by atoms with E-state index in [2.05, 4.69) is 4.98 Å². The molecule has 2 aromatic rings. The number of aliphatic hydroxyl groups excluding tert-OH is 1. The number of hydrogen-bond donors (Lipinski definition) is 2. The van der Waals surface area contributed by atoms with Crippen molar-refractivity contribution < 1.29 is 9.90 Å². The number of benzene rings is 1. The molecule has 2 rings (SSSR count). The number of rotatable bonds is 6. The van der Waals surface area contributed by atoms with Gasteiger partial charge in [-0.1, -0.05) is 18.2 Å². The highest BCUT2D eigenvalue weighted by Crippen LogP contribution is 2.20. The molecular formula is C16H21N3O2. The van der Waals surface area contributed by atoms with E-state index in [-0.39, 0.29) is 12.5 Å². The molecule has 1 aromatic carbocycles. The van der Waals surface area contributed by atoms with Crippen LogP contribution in [0.2, 0.25) is 0 Å². The number of fused-ring (bicyclic) bond motifs is 1. The molecule has 0 saturated heterocycles. The Hall–Kier alpha value is -2.14. The van der Waals surface area contributed by atoms with Crippen LogP contribution in [-0.2, 0) is 0 Å². The van der Waals surface area contributed by atoms with Crippen molar-refractivity contribution in [2.45, 2.75) is 19.3 Å². The number of amides is 1. The van der Waals surface area contributed by atoms with E-state index < -0.39 is 0 Å². The van der Waals surface area contributed by atoms with Gasteiger partial charge in [0.05, 0.1) is 11.1 Å². The lowest BCUT2D eigenvalue weighted by Crippen LogP contribution is -2.28. The summed E-state index contributed by atoms with van der Waals surface area (Å²) >= 11 is 0. The van der Waals surface area contributed by atoms with Crippen LogP contribution in [0.3, 0.4) is 0 Å². The number of pyridine rings is 1. The van der Waals surface area contributed by atoms with Crippen molar-refractivity contribution in [2.24, 2.45) is 0 Å². The SMILES string of the molecule is CN(CCCCCO)C(=O)c1cc(N)nc2ccccc12. The van der Waals surface area contributed by atoms with Gasteiger partial charge in [-0.15, -0.1) is 0 Å². The number of anilines is 1. The van der Waals surface area contributed by atoms with Gasteiger partial charge in [0, 0.05) is 25.6 Å². The molecule has 1 heterocycles. The lowest BCUT2D eigenvalue weighted by Gasteiger charge is -2.18. The van der Waals surface area contributed by atoms with Gasteiger partial charge in [-0.05, 0) is 31.4 Å². The molecule has 0 unspecified atom stereocenters. The molecule has 1 aromatic heterocycles. The molecule has 0 aliphatic rings. The third-order valence-electron chi connectivity index (χ3n) is 3.46. The zero-order valence-electron chi connectivity index (χ0n) is 12.2. The maximum absolute atomic E-state index is 12.6. The van der Waals surface area contributed by atoms with Gasteiger partial charge in [0.15, 0.2) is 0 Å². The van der Waals surface area contributed by atoms with Crippen LogP contribution in [0.15, 0.2) is 30.3 Å². The monoisotopic (exact) mass is 287 g/mol. The first-order valence-corrected chi connectivity index (χ1v) is 7.15. The highest BCUT2D eigenvalue weighted by atomic mass is 16.2. The number of aliphatic hydroxyl groups is 1. The Bertz CT molecular complexity index is 628. The quantitative estimate of drug-likeness (QED) is 0.797. The van der Waals surface area contributed by atoms with Gasteiger partial charge < -0.3 is 15.7 Å². The van der Waals surface area contributed by atoms with E-state index in [4.69, 9.17) is 10.8 Å². The molecule has 0 atom stereocenters. The van der Waals surface area contributed by atoms with Crippen molar-refractivity contribution in [1.29, 1.82) is 0 Å². The van der Waals surface area contributed by atoms with Gasteiger partial charge in [-0.25, -0.2) is 4.98 Å². The van der Waals surface area contributed by atoms with Crippen molar-refractivity contribution in [3.8, 4) is 0 Å². The Labute approximate surface area is 124 Å². The van der Waals surface area contributed by atoms with E-state index >= 15 is 0 Å². The largest absolute Gasteiger partial charge is 0.396 e. The van der Waals surface area contributed by atoms with Crippen LogP contribution in [0.4, 0.5) is 5.82 Å².